The first-order valence-electron chi connectivity index (χ1n) is 5.15. The zero-order valence-electron chi connectivity index (χ0n) is 15.8. The Balaban J connectivity index is -0.00000000208. The average Bonchev–Trinajstić information content (AvgIpc) is 2.54. The summed E-state index contributed by atoms with van der Waals surface area (Å²) >= 11 is 7.67. The summed E-state index contributed by atoms with van der Waals surface area (Å²) in [6.07, 6.45) is 0. The molecule has 0 atom stereocenters. The molecule has 0 unspecified atom stereocenters. The fourth-order valence-corrected chi connectivity index (χ4v) is 0. The molecule has 0 spiro atoms. The van der Waals surface area contributed by atoms with Gasteiger partial charge in [-0.3, -0.25) is 0 Å². The predicted molar refractivity (Wildman–Crippen MR) is 117 cm³/mol. The first kappa shape index (κ1) is 133. The molecule has 4 nitrogen and oxygen atoms in total. The molecule has 4 N–H and O–H groups in total. The van der Waals surface area contributed by atoms with Crippen molar-refractivity contribution in [2.24, 2.45) is 0 Å². The maximum atomic E-state index is 8.00. The molecule has 0 bridgehead atoms. The van der Waals surface area contributed by atoms with Gasteiger partial charge in [0.25, 0.3) is 0 Å². The largest absolute Gasteiger partial charge is 0.412 e. The quantitative estimate of drug-likeness (QED) is 0.348. The number of carbonyl (C=O) groups is 2. The van der Waals surface area contributed by atoms with Crippen LogP contribution in [0.2, 0.25) is 0 Å². The first-order chi connectivity index (χ1) is 8.00. The molecule has 0 aliphatic heterocycles. The van der Waals surface area contributed by atoms with Crippen molar-refractivity contribution in [2.45, 2.75) is 55.4 Å². The van der Waals surface area contributed by atoms with Crippen molar-refractivity contribution >= 4 is 76.7 Å². The van der Waals surface area contributed by atoms with E-state index in [-0.39, 0.29) is 192 Å². The fraction of sp³-hybridized carbons (Fsp3) is 0.667. The summed E-state index contributed by atoms with van der Waals surface area (Å²) in [6, 6.07) is 0. The van der Waals surface area contributed by atoms with Gasteiger partial charge in [-0.2, -0.15) is 27.0 Å². The maximum absolute atomic E-state index is 8.00. The van der Waals surface area contributed by atoms with Gasteiger partial charge >= 0.3 is 0 Å². The van der Waals surface area contributed by atoms with Crippen molar-refractivity contribution in [1.29, 1.82) is 0 Å². The Labute approximate surface area is 300 Å². The van der Waals surface area contributed by atoms with E-state index in [1.54, 1.807) is 0 Å². The minimum absolute atomic E-state index is 0. The zero-order valence-corrected chi connectivity index (χ0v) is 28.0. The van der Waals surface area contributed by atoms with E-state index in [2.05, 4.69) is 36.2 Å². The van der Waals surface area contributed by atoms with Gasteiger partial charge in [0.2, 0.25) is 0 Å². The van der Waals surface area contributed by atoms with Gasteiger partial charge < -0.3 is 20.5 Å². The summed E-state index contributed by atoms with van der Waals surface area (Å²) in [5, 5.41) is 0. The molecule has 0 aliphatic rings. The van der Waals surface area contributed by atoms with Gasteiger partial charge in [0.1, 0.15) is 13.6 Å². The van der Waals surface area contributed by atoms with E-state index in [1.165, 1.54) is 0 Å². The minimum Gasteiger partial charge on any atom is -0.412 e. The summed E-state index contributed by atoms with van der Waals surface area (Å²) in [7, 11) is 0. The molecule has 0 aromatic carbocycles. The molecule has 24 heavy (non-hydrogen) atoms. The van der Waals surface area contributed by atoms with E-state index >= 15 is 0 Å². The van der Waals surface area contributed by atoms with Crippen LogP contribution < -0.4 is 0 Å². The molecular weight excluding hydrogens is 972 g/mol. The molecule has 0 heterocycles. The number of carbonyl (C=O) groups excluding carboxylic acids is 2. The molecule has 0 fully saturated rings. The minimum atomic E-state index is 0. The Morgan fingerprint density at radius 3 is 0.417 bits per heavy atom. The molecule has 0 aromatic rings. The molecule has 0 saturated carbocycles. The Bertz CT molecular complexity index is 51.0. The molecule has 4 radical (unpaired) electrons. The van der Waals surface area contributed by atoms with Crippen LogP contribution in [-0.2, 0) is 9.59 Å². The van der Waals surface area contributed by atoms with Crippen molar-refractivity contribution < 1.29 is 175 Å². The van der Waals surface area contributed by atoms with Crippen LogP contribution in [0.4, 0.5) is 0 Å². The van der Waals surface area contributed by atoms with Crippen LogP contribution in [0.5, 0.6) is 0 Å². The Morgan fingerprint density at radius 2 is 0.417 bits per heavy atom. The maximum Gasteiger partial charge on any atom is 0.106 e. The summed E-state index contributed by atoms with van der Waals surface area (Å²) in [6.45, 7) is 20.0. The summed E-state index contributed by atoms with van der Waals surface area (Å²) in [5.41, 5.74) is 0. The molecule has 0 saturated heterocycles. The molecule has 12 heteroatoms. The smallest absolute Gasteiger partial charge is 0.106 e. The molecule has 0 aromatic heterocycles. The number of rotatable bonds is 0. The predicted octanol–water partition coefficient (Wildman–Crippen LogP) is 3.54. The SMILES string of the molecule is C=O.C=O.C=S.C=S.CC.CC.CC.CC.O.O.S.S.[Tb].[Tb].[Tb].[Tb]. The van der Waals surface area contributed by atoms with Crippen molar-refractivity contribution in [2.75, 3.05) is 0 Å². The summed E-state index contributed by atoms with van der Waals surface area (Å²) in [5.74, 6) is 5.67. The average molecular weight is 1010 g/mol. The van der Waals surface area contributed by atoms with Gasteiger partial charge in [0.15, 0.2) is 0 Å². The summed E-state index contributed by atoms with van der Waals surface area (Å²) in [4.78, 5) is 16.0. The molecule has 0 aliphatic carbocycles. The van der Waals surface area contributed by atoms with Crippen molar-refractivity contribution in [3.05, 3.63) is 0 Å². The topological polar surface area (TPSA) is 97.1 Å². The second-order valence-electron chi connectivity index (χ2n) is 0. The van der Waals surface area contributed by atoms with Crippen molar-refractivity contribution in [1.82, 2.24) is 0 Å². The Morgan fingerprint density at radius 1 is 0.417 bits per heavy atom. The van der Waals surface area contributed by atoms with Crippen molar-refractivity contribution in [3.63, 3.8) is 0 Å². The second-order valence-corrected chi connectivity index (χ2v) is 0. The molecule has 172 valence electrons. The van der Waals surface area contributed by atoms with Crippen LogP contribution in [0.1, 0.15) is 55.4 Å². The van der Waals surface area contributed by atoms with Crippen LogP contribution in [0.15, 0.2) is 0 Å². The zero-order chi connectivity index (χ0) is 16.0. The summed E-state index contributed by atoms with van der Waals surface area (Å²) < 4.78 is 0. The third-order valence-electron chi connectivity index (χ3n) is 0. The van der Waals surface area contributed by atoms with Gasteiger partial charge in [-0.1, -0.05) is 79.8 Å². The number of thiocarbonyl (C=S) groups is 2. The Kier molecular flexibility index (Phi) is 4170. The van der Waals surface area contributed by atoms with Gasteiger partial charge in [-0.15, -0.1) is 0 Å². The van der Waals surface area contributed by atoms with Gasteiger partial charge in [0, 0.05) is 154 Å². The number of hydrogen-bond acceptors (Lipinski definition) is 4. The van der Waals surface area contributed by atoms with Gasteiger partial charge in [-0.25, -0.2) is 0 Å². The van der Waals surface area contributed by atoms with E-state index in [9.17, 15) is 0 Å². The van der Waals surface area contributed by atoms with E-state index in [4.69, 9.17) is 9.59 Å². The molecular formula is C12H40O4S4Tb4. The first-order valence-corrected chi connectivity index (χ1v) is 6.31. The third kappa shape index (κ3) is 675. The van der Waals surface area contributed by atoms with Crippen LogP contribution in [-0.4, -0.2) is 36.3 Å². The van der Waals surface area contributed by atoms with Crippen LogP contribution in [0.25, 0.3) is 0 Å². The van der Waals surface area contributed by atoms with Gasteiger partial charge in [0.05, 0.1) is 0 Å². The monoisotopic (exact) mass is 1010 g/mol. The second kappa shape index (κ2) is 754. The molecule has 0 amide bonds. The van der Waals surface area contributed by atoms with Gasteiger partial charge in [-0.05, 0) is 11.7 Å². The van der Waals surface area contributed by atoms with E-state index < -0.39 is 0 Å². The van der Waals surface area contributed by atoms with E-state index in [0.717, 1.165) is 0 Å². The normalized spacial score (nSPS) is 1.67. The fourth-order valence-electron chi connectivity index (χ4n) is 0. The van der Waals surface area contributed by atoms with Crippen molar-refractivity contribution in [3.8, 4) is 0 Å². The van der Waals surface area contributed by atoms with Crippen LogP contribution in [0, 0.1) is 154 Å². The van der Waals surface area contributed by atoms with E-state index in [0.29, 0.717) is 0 Å². The Hall–Kier alpha value is 5.28. The molecule has 0 rings (SSSR count). The third-order valence-corrected chi connectivity index (χ3v) is 0. The standard InChI is InChI=1S/4C2H6.2CH2O.2CH2S.2H2O.2H2S.4Tb/c8*1-2;;;;;;;;/h4*1-2H3;4*1H2;4*1H2;;;;. The van der Waals surface area contributed by atoms with Crippen LogP contribution in [0.3, 0.4) is 0 Å². The number of hydrogen-bond donors (Lipinski definition) is 0. The van der Waals surface area contributed by atoms with Crippen LogP contribution >= 0.6 is 51.4 Å². The van der Waals surface area contributed by atoms with E-state index in [1.807, 2.05) is 69.0 Å².